The molecule has 0 fully saturated rings. The first-order valence-electron chi connectivity index (χ1n) is 10.9. The molecule has 0 amide bonds. The molecule has 36 heavy (non-hydrogen) atoms. The Kier molecular flexibility index (Phi) is 5.34. The quantitative estimate of drug-likeness (QED) is 0.251. The van der Waals surface area contributed by atoms with Crippen molar-refractivity contribution >= 4 is 33.3 Å². The van der Waals surface area contributed by atoms with Gasteiger partial charge in [0.2, 0.25) is 0 Å². The minimum atomic E-state index is -5.64. The third-order valence-electron chi connectivity index (χ3n) is 6.52. The third kappa shape index (κ3) is 3.22. The fourth-order valence-corrected chi connectivity index (χ4v) is 5.76. The minimum Gasteiger partial charge on any atom is -0.194 e. The number of fused-ring (bicyclic) bond motifs is 1. The number of alkyl halides is 6. The molecule has 1 nitrogen and oxygen atoms in total. The van der Waals surface area contributed by atoms with Crippen LogP contribution in [0.15, 0.2) is 66.7 Å². The van der Waals surface area contributed by atoms with Gasteiger partial charge in [0.15, 0.2) is 0 Å². The van der Waals surface area contributed by atoms with Gasteiger partial charge in [-0.25, -0.2) is 0 Å². The fourth-order valence-electron chi connectivity index (χ4n) is 4.74. The number of nitriles is 1. The first-order chi connectivity index (χ1) is 16.9. The fraction of sp³-hybridized carbons (Fsp3) is 0.179. The van der Waals surface area contributed by atoms with Crippen LogP contribution in [0.4, 0.5) is 26.3 Å². The van der Waals surface area contributed by atoms with Gasteiger partial charge in [0.05, 0.1) is 11.6 Å². The Morgan fingerprint density at radius 1 is 0.778 bits per heavy atom. The molecule has 1 aliphatic rings. The summed E-state index contributed by atoms with van der Waals surface area (Å²) in [5.74, 6) is -15.9. The zero-order valence-corrected chi connectivity index (χ0v) is 19.8. The summed E-state index contributed by atoms with van der Waals surface area (Å²) in [5.41, 5.74) is -2.40. The van der Waals surface area contributed by atoms with Crippen LogP contribution in [0.5, 0.6) is 0 Å². The van der Waals surface area contributed by atoms with Crippen molar-refractivity contribution in [2.24, 2.45) is 0 Å². The Morgan fingerprint density at radius 2 is 1.47 bits per heavy atom. The van der Waals surface area contributed by atoms with Crippen LogP contribution >= 0.6 is 11.3 Å². The largest absolute Gasteiger partial charge is 0.380 e. The van der Waals surface area contributed by atoms with Gasteiger partial charge in [-0.2, -0.15) is 31.6 Å². The van der Waals surface area contributed by atoms with Crippen molar-refractivity contribution in [1.82, 2.24) is 0 Å². The highest BCUT2D eigenvalue weighted by Gasteiger charge is 2.80. The SMILES string of the molecule is Cc1ccc2ccccc2c1C1=C(c2cc(-c3cccc(C#N)c3)sc2C)C(F)(F)C(F)(F)C1(F)F. The van der Waals surface area contributed by atoms with Crippen molar-refractivity contribution in [2.75, 3.05) is 0 Å². The first-order valence-corrected chi connectivity index (χ1v) is 11.7. The summed E-state index contributed by atoms with van der Waals surface area (Å²) in [6.45, 7) is 2.87. The molecule has 1 aliphatic carbocycles. The lowest BCUT2D eigenvalue weighted by Crippen LogP contribution is -2.49. The highest BCUT2D eigenvalue weighted by atomic mass is 32.1. The molecule has 0 saturated carbocycles. The molecular formula is C28H17F6NS. The van der Waals surface area contributed by atoms with Gasteiger partial charge in [0.1, 0.15) is 0 Å². The summed E-state index contributed by atoms with van der Waals surface area (Å²) in [5, 5.41) is 9.83. The second-order valence-electron chi connectivity index (χ2n) is 8.72. The molecule has 0 radical (unpaired) electrons. The molecule has 0 saturated heterocycles. The number of aryl methyl sites for hydroxylation is 2. The van der Waals surface area contributed by atoms with Crippen molar-refractivity contribution < 1.29 is 26.3 Å². The Bertz CT molecular complexity index is 1610. The molecule has 3 aromatic carbocycles. The summed E-state index contributed by atoms with van der Waals surface area (Å²) >= 11 is 1.01. The monoisotopic (exact) mass is 513 g/mol. The van der Waals surface area contributed by atoms with Crippen LogP contribution in [-0.2, 0) is 0 Å². The molecule has 0 aliphatic heterocycles. The number of hydrogen-bond acceptors (Lipinski definition) is 2. The van der Waals surface area contributed by atoms with Crippen molar-refractivity contribution in [2.45, 2.75) is 31.6 Å². The molecule has 0 unspecified atom stereocenters. The van der Waals surface area contributed by atoms with Crippen molar-refractivity contribution in [3.63, 3.8) is 0 Å². The smallest absolute Gasteiger partial charge is 0.194 e. The Morgan fingerprint density at radius 3 is 2.19 bits per heavy atom. The maximum Gasteiger partial charge on any atom is 0.380 e. The van der Waals surface area contributed by atoms with E-state index in [1.807, 2.05) is 6.07 Å². The van der Waals surface area contributed by atoms with Crippen LogP contribution < -0.4 is 0 Å². The van der Waals surface area contributed by atoms with Crippen molar-refractivity contribution in [3.05, 3.63) is 93.9 Å². The maximum atomic E-state index is 15.5. The topological polar surface area (TPSA) is 23.8 Å². The number of nitrogens with zero attached hydrogens (tertiary/aromatic N) is 1. The maximum absolute atomic E-state index is 15.5. The van der Waals surface area contributed by atoms with Gasteiger partial charge in [-0.05, 0) is 65.1 Å². The second kappa shape index (κ2) is 7.97. The minimum absolute atomic E-state index is 0.184. The summed E-state index contributed by atoms with van der Waals surface area (Å²) in [6.07, 6.45) is 0. The zero-order chi connectivity index (χ0) is 26.0. The number of thiophene rings is 1. The van der Waals surface area contributed by atoms with E-state index in [9.17, 15) is 14.0 Å². The normalized spacial score (nSPS) is 18.0. The lowest BCUT2D eigenvalue weighted by Gasteiger charge is -2.26. The van der Waals surface area contributed by atoms with E-state index in [1.54, 1.807) is 42.5 Å². The molecule has 182 valence electrons. The Balaban J connectivity index is 1.88. The van der Waals surface area contributed by atoms with Gasteiger partial charge in [-0.15, -0.1) is 11.3 Å². The standard InChI is InChI=1S/C28H17F6NS/c1-15-10-11-18-7-3-4-9-20(18)23(15)25-24(26(29,30)28(33,34)27(25,31)32)21-13-22(36-16(21)2)19-8-5-6-17(12-19)14-35/h3-13H,1-2H3. The summed E-state index contributed by atoms with van der Waals surface area (Å²) in [7, 11) is 0. The van der Waals surface area contributed by atoms with Gasteiger partial charge < -0.3 is 0 Å². The van der Waals surface area contributed by atoms with Crippen LogP contribution in [0.1, 0.15) is 27.1 Å². The van der Waals surface area contributed by atoms with E-state index >= 15 is 17.6 Å². The Labute approximate surface area is 206 Å². The molecule has 1 aromatic heterocycles. The van der Waals surface area contributed by atoms with Crippen molar-refractivity contribution in [1.29, 1.82) is 5.26 Å². The lowest BCUT2D eigenvalue weighted by atomic mass is 9.88. The van der Waals surface area contributed by atoms with Crippen molar-refractivity contribution in [3.8, 4) is 16.5 Å². The van der Waals surface area contributed by atoms with Gasteiger partial charge in [0, 0.05) is 20.9 Å². The average molecular weight is 514 g/mol. The molecule has 0 atom stereocenters. The molecule has 5 rings (SSSR count). The molecule has 8 heteroatoms. The summed E-state index contributed by atoms with van der Waals surface area (Å²) in [4.78, 5) is 0.585. The molecule has 0 N–H and O–H groups in total. The number of halogens is 6. The molecule has 0 spiro atoms. The van der Waals surface area contributed by atoms with Crippen LogP contribution in [0.3, 0.4) is 0 Å². The molecule has 4 aromatic rings. The number of rotatable bonds is 3. The average Bonchev–Trinajstić information content (AvgIpc) is 3.27. The lowest BCUT2D eigenvalue weighted by molar-refractivity contribution is -0.254. The molecule has 0 bridgehead atoms. The third-order valence-corrected chi connectivity index (χ3v) is 7.62. The van der Waals surface area contributed by atoms with Gasteiger partial charge in [-0.3, -0.25) is 0 Å². The Hall–Kier alpha value is -3.57. The first kappa shape index (κ1) is 24.1. The van der Waals surface area contributed by atoms with E-state index in [0.717, 1.165) is 11.3 Å². The van der Waals surface area contributed by atoms with E-state index in [4.69, 9.17) is 0 Å². The number of benzene rings is 3. The van der Waals surface area contributed by atoms with E-state index in [2.05, 4.69) is 0 Å². The highest BCUT2D eigenvalue weighted by Crippen LogP contribution is 2.66. The van der Waals surface area contributed by atoms with Crippen LogP contribution in [-0.4, -0.2) is 17.8 Å². The van der Waals surface area contributed by atoms with Crippen LogP contribution in [0.25, 0.3) is 32.4 Å². The van der Waals surface area contributed by atoms with Gasteiger partial charge in [0.25, 0.3) is 0 Å². The molecular weight excluding hydrogens is 496 g/mol. The van der Waals surface area contributed by atoms with E-state index in [0.29, 0.717) is 21.4 Å². The number of allylic oxidation sites excluding steroid dienone is 2. The van der Waals surface area contributed by atoms with E-state index in [1.165, 1.54) is 38.1 Å². The summed E-state index contributed by atoms with van der Waals surface area (Å²) in [6, 6.07) is 18.9. The second-order valence-corrected chi connectivity index (χ2v) is 9.98. The van der Waals surface area contributed by atoms with Gasteiger partial charge >= 0.3 is 17.8 Å². The summed E-state index contributed by atoms with van der Waals surface area (Å²) < 4.78 is 91.5. The van der Waals surface area contributed by atoms with Crippen LogP contribution in [0.2, 0.25) is 0 Å². The van der Waals surface area contributed by atoms with E-state index in [-0.39, 0.29) is 27.0 Å². The van der Waals surface area contributed by atoms with E-state index < -0.39 is 28.9 Å². The molecule has 1 heterocycles. The van der Waals surface area contributed by atoms with Crippen LogP contribution in [0, 0.1) is 25.2 Å². The highest BCUT2D eigenvalue weighted by molar-refractivity contribution is 7.15. The number of hydrogen-bond donors (Lipinski definition) is 0. The predicted octanol–water partition coefficient (Wildman–Crippen LogP) is 8.89. The predicted molar refractivity (Wildman–Crippen MR) is 130 cm³/mol. The van der Waals surface area contributed by atoms with Gasteiger partial charge in [-0.1, -0.05) is 48.5 Å². The zero-order valence-electron chi connectivity index (χ0n) is 19.0.